The Kier molecular flexibility index (Phi) is 4.10. The SMILES string of the molecule is CCN(CC)Sc1sc(C)c(N)c1O. The molecule has 0 radical (unpaired) electrons. The summed E-state index contributed by atoms with van der Waals surface area (Å²) in [5.74, 6) is 0.240. The summed E-state index contributed by atoms with van der Waals surface area (Å²) in [6.07, 6.45) is 0. The predicted octanol–water partition coefficient (Wildman–Crippen LogP) is 2.69. The van der Waals surface area contributed by atoms with Crippen LogP contribution < -0.4 is 5.73 Å². The van der Waals surface area contributed by atoms with Crippen LogP contribution in [0.1, 0.15) is 18.7 Å². The second kappa shape index (κ2) is 4.91. The summed E-state index contributed by atoms with van der Waals surface area (Å²) < 4.78 is 3.06. The Morgan fingerprint density at radius 1 is 1.43 bits per heavy atom. The molecule has 1 heterocycles. The second-order valence-corrected chi connectivity index (χ2v) is 5.50. The molecule has 1 aromatic rings. The molecule has 3 nitrogen and oxygen atoms in total. The van der Waals surface area contributed by atoms with Gasteiger partial charge in [0.05, 0.1) is 5.69 Å². The molecule has 80 valence electrons. The molecular formula is C9H16N2OS2. The van der Waals surface area contributed by atoms with Gasteiger partial charge in [-0.25, -0.2) is 4.31 Å². The zero-order valence-corrected chi connectivity index (χ0v) is 10.3. The zero-order chi connectivity index (χ0) is 10.7. The highest BCUT2D eigenvalue weighted by Gasteiger charge is 2.14. The number of hydrogen-bond acceptors (Lipinski definition) is 5. The summed E-state index contributed by atoms with van der Waals surface area (Å²) in [5, 5.41) is 9.70. The zero-order valence-electron chi connectivity index (χ0n) is 8.70. The standard InChI is InChI=1S/C9H16N2OS2/c1-4-11(5-2)14-9-8(12)7(10)6(3)13-9/h12H,4-5,10H2,1-3H3. The van der Waals surface area contributed by atoms with Crippen molar-refractivity contribution in [1.82, 2.24) is 4.31 Å². The van der Waals surface area contributed by atoms with E-state index in [1.807, 2.05) is 6.92 Å². The van der Waals surface area contributed by atoms with Crippen molar-refractivity contribution in [3.8, 4) is 5.75 Å². The molecule has 3 N–H and O–H groups in total. The highest BCUT2D eigenvalue weighted by molar-refractivity contribution is 7.99. The van der Waals surface area contributed by atoms with E-state index in [0.29, 0.717) is 5.69 Å². The maximum absolute atomic E-state index is 9.70. The van der Waals surface area contributed by atoms with Gasteiger partial charge in [0, 0.05) is 18.0 Å². The monoisotopic (exact) mass is 232 g/mol. The molecule has 0 spiro atoms. The Balaban J connectivity index is 2.81. The summed E-state index contributed by atoms with van der Waals surface area (Å²) >= 11 is 3.12. The number of nitrogens with two attached hydrogens (primary N) is 1. The van der Waals surface area contributed by atoms with Gasteiger partial charge >= 0.3 is 0 Å². The van der Waals surface area contributed by atoms with Crippen molar-refractivity contribution >= 4 is 29.0 Å². The molecule has 0 amide bonds. The Hall–Kier alpha value is -0.390. The van der Waals surface area contributed by atoms with E-state index in [-0.39, 0.29) is 5.75 Å². The van der Waals surface area contributed by atoms with Crippen LogP contribution in [0.15, 0.2) is 4.21 Å². The van der Waals surface area contributed by atoms with Crippen LogP contribution in [-0.4, -0.2) is 22.5 Å². The van der Waals surface area contributed by atoms with Gasteiger partial charge in [-0.15, -0.1) is 11.3 Å². The Bertz CT molecular complexity index is 308. The molecule has 0 fully saturated rings. The first-order chi connectivity index (χ1) is 6.60. The third-order valence-corrected chi connectivity index (χ3v) is 4.50. The van der Waals surface area contributed by atoms with Crippen LogP contribution in [-0.2, 0) is 0 Å². The molecule has 0 aliphatic heterocycles. The largest absolute Gasteiger partial charge is 0.504 e. The van der Waals surface area contributed by atoms with Crippen LogP contribution in [0.25, 0.3) is 0 Å². The molecule has 0 aliphatic carbocycles. The van der Waals surface area contributed by atoms with Crippen LogP contribution in [0.4, 0.5) is 5.69 Å². The number of anilines is 1. The normalized spacial score (nSPS) is 11.1. The maximum atomic E-state index is 9.70. The number of nitrogens with zero attached hydrogens (tertiary/aromatic N) is 1. The number of thiophene rings is 1. The van der Waals surface area contributed by atoms with E-state index in [4.69, 9.17) is 5.73 Å². The van der Waals surface area contributed by atoms with Gasteiger partial charge in [0.25, 0.3) is 0 Å². The number of aromatic hydroxyl groups is 1. The van der Waals surface area contributed by atoms with Crippen LogP contribution >= 0.6 is 23.3 Å². The minimum Gasteiger partial charge on any atom is -0.504 e. The van der Waals surface area contributed by atoms with Crippen molar-refractivity contribution in [3.05, 3.63) is 4.88 Å². The Morgan fingerprint density at radius 3 is 2.36 bits per heavy atom. The van der Waals surface area contributed by atoms with Crippen molar-refractivity contribution in [1.29, 1.82) is 0 Å². The molecule has 0 atom stereocenters. The molecule has 0 aromatic carbocycles. The van der Waals surface area contributed by atoms with Gasteiger partial charge in [0.1, 0.15) is 4.21 Å². The number of aryl methyl sites for hydroxylation is 1. The maximum Gasteiger partial charge on any atom is 0.164 e. The molecule has 1 aromatic heterocycles. The van der Waals surface area contributed by atoms with E-state index >= 15 is 0 Å². The summed E-state index contributed by atoms with van der Waals surface area (Å²) in [6.45, 7) is 8.02. The van der Waals surface area contributed by atoms with Gasteiger partial charge in [-0.05, 0) is 18.9 Å². The van der Waals surface area contributed by atoms with Crippen molar-refractivity contribution in [2.24, 2.45) is 0 Å². The average Bonchev–Trinajstić information content (AvgIpc) is 2.42. The average molecular weight is 232 g/mol. The van der Waals surface area contributed by atoms with Crippen LogP contribution in [0.3, 0.4) is 0 Å². The van der Waals surface area contributed by atoms with E-state index in [2.05, 4.69) is 18.2 Å². The van der Waals surface area contributed by atoms with Crippen LogP contribution in [0.5, 0.6) is 5.75 Å². The first-order valence-electron chi connectivity index (χ1n) is 4.60. The third-order valence-electron chi connectivity index (χ3n) is 1.99. The summed E-state index contributed by atoms with van der Waals surface area (Å²) in [5.41, 5.74) is 6.21. The molecule has 0 aliphatic rings. The molecule has 1 rings (SSSR count). The number of nitrogen functional groups attached to an aromatic ring is 1. The highest BCUT2D eigenvalue weighted by Crippen LogP contribution is 2.43. The Labute approximate surface area is 93.0 Å². The van der Waals surface area contributed by atoms with Gasteiger partial charge in [-0.1, -0.05) is 13.8 Å². The van der Waals surface area contributed by atoms with Gasteiger partial charge < -0.3 is 10.8 Å². The lowest BCUT2D eigenvalue weighted by Gasteiger charge is -2.15. The van der Waals surface area contributed by atoms with E-state index in [1.54, 1.807) is 23.3 Å². The smallest absolute Gasteiger partial charge is 0.164 e. The third kappa shape index (κ3) is 2.34. The van der Waals surface area contributed by atoms with Crippen LogP contribution in [0, 0.1) is 6.92 Å². The molecule has 0 unspecified atom stereocenters. The lowest BCUT2D eigenvalue weighted by atomic mass is 10.4. The van der Waals surface area contributed by atoms with Gasteiger partial charge in [-0.2, -0.15) is 0 Å². The Morgan fingerprint density at radius 2 is 2.00 bits per heavy atom. The van der Waals surface area contributed by atoms with Crippen molar-refractivity contribution < 1.29 is 5.11 Å². The van der Waals surface area contributed by atoms with E-state index < -0.39 is 0 Å². The first kappa shape index (κ1) is 11.7. The fourth-order valence-electron chi connectivity index (χ4n) is 1.05. The van der Waals surface area contributed by atoms with E-state index in [1.165, 1.54) is 0 Å². The van der Waals surface area contributed by atoms with Crippen LogP contribution in [0.2, 0.25) is 0 Å². The highest BCUT2D eigenvalue weighted by atomic mass is 32.2. The number of rotatable bonds is 4. The molecule has 0 saturated heterocycles. The first-order valence-corrected chi connectivity index (χ1v) is 6.19. The fourth-order valence-corrected chi connectivity index (χ4v) is 3.27. The van der Waals surface area contributed by atoms with Gasteiger partial charge in [-0.3, -0.25) is 0 Å². The van der Waals surface area contributed by atoms with E-state index in [9.17, 15) is 5.11 Å². The fraction of sp³-hybridized carbons (Fsp3) is 0.556. The van der Waals surface area contributed by atoms with Gasteiger partial charge in [0.2, 0.25) is 0 Å². The number of hydrogen-bond donors (Lipinski definition) is 2. The van der Waals surface area contributed by atoms with Crippen molar-refractivity contribution in [2.45, 2.75) is 25.0 Å². The lowest BCUT2D eigenvalue weighted by Crippen LogP contribution is -2.13. The molecule has 14 heavy (non-hydrogen) atoms. The molecule has 5 heteroatoms. The lowest BCUT2D eigenvalue weighted by molar-refractivity contribution is 0.466. The quantitative estimate of drug-likeness (QED) is 0.784. The summed E-state index contributed by atoms with van der Waals surface area (Å²) in [4.78, 5) is 0.983. The minimum atomic E-state index is 0.240. The molecule has 0 saturated carbocycles. The van der Waals surface area contributed by atoms with Crippen molar-refractivity contribution in [3.63, 3.8) is 0 Å². The summed E-state index contributed by atoms with van der Waals surface area (Å²) in [7, 11) is 0. The summed E-state index contributed by atoms with van der Waals surface area (Å²) in [6, 6.07) is 0. The molecular weight excluding hydrogens is 216 g/mol. The topological polar surface area (TPSA) is 49.5 Å². The van der Waals surface area contributed by atoms with Gasteiger partial charge in [0.15, 0.2) is 5.75 Å². The van der Waals surface area contributed by atoms with E-state index in [0.717, 1.165) is 22.2 Å². The second-order valence-electron chi connectivity index (χ2n) is 2.91. The molecule has 0 bridgehead atoms. The van der Waals surface area contributed by atoms with Crippen molar-refractivity contribution in [2.75, 3.05) is 18.8 Å². The minimum absolute atomic E-state index is 0.240. The predicted molar refractivity (Wildman–Crippen MR) is 63.9 cm³/mol.